The topological polar surface area (TPSA) is 70.3 Å². The number of benzene rings is 2. The molecule has 2 N–H and O–H groups in total. The normalized spacial score (nSPS) is 10.5. The average molecular weight is 400 g/mol. The third-order valence-electron chi connectivity index (χ3n) is 3.59. The molecule has 1 aromatic heterocycles. The molecule has 0 saturated carbocycles. The Hall–Kier alpha value is -2.60. The van der Waals surface area contributed by atoms with Crippen LogP contribution in [-0.4, -0.2) is 23.2 Å². The number of anilines is 1. The maximum absolute atomic E-state index is 6.03. The number of hydrogen-bond donors (Lipinski definition) is 1. The molecule has 0 atom stereocenters. The van der Waals surface area contributed by atoms with Gasteiger partial charge in [-0.15, -0.1) is 0 Å². The number of halogens is 1. The highest BCUT2D eigenvalue weighted by Crippen LogP contribution is 2.32. The Bertz CT molecular complexity index is 836. The van der Waals surface area contributed by atoms with Crippen LogP contribution in [0, 0.1) is 6.92 Å². The summed E-state index contributed by atoms with van der Waals surface area (Å²) in [4.78, 5) is 8.29. The lowest BCUT2D eigenvalue weighted by molar-refractivity contribution is 0.212. The lowest BCUT2D eigenvalue weighted by atomic mass is 10.1. The molecule has 25 heavy (non-hydrogen) atoms. The van der Waals surface area contributed by atoms with E-state index in [-0.39, 0.29) is 0 Å². The first-order valence-electron chi connectivity index (χ1n) is 7.82. The van der Waals surface area contributed by atoms with Gasteiger partial charge in [0.05, 0.1) is 5.56 Å². The third kappa shape index (κ3) is 4.48. The van der Waals surface area contributed by atoms with Crippen molar-refractivity contribution in [3.8, 4) is 22.8 Å². The standard InChI is InChI=1S/C19H18BrN3O2/c1-13-2-4-14(5-3-13)17-18(21)22-12-23-19(17)25-11-10-24-16-8-6-15(20)7-9-16/h2-9,12H,10-11H2,1H3,(H2,21,22,23). The first-order valence-corrected chi connectivity index (χ1v) is 8.61. The number of ether oxygens (including phenoxy) is 2. The minimum Gasteiger partial charge on any atom is -0.490 e. The molecule has 0 fully saturated rings. The second-order valence-corrected chi connectivity index (χ2v) is 6.37. The van der Waals surface area contributed by atoms with Gasteiger partial charge in [0.25, 0.3) is 0 Å². The van der Waals surface area contributed by atoms with E-state index < -0.39 is 0 Å². The predicted molar refractivity (Wildman–Crippen MR) is 102 cm³/mol. The largest absolute Gasteiger partial charge is 0.490 e. The number of rotatable bonds is 6. The van der Waals surface area contributed by atoms with E-state index in [0.717, 1.165) is 15.8 Å². The molecule has 0 aliphatic heterocycles. The molecule has 0 aliphatic rings. The molecule has 6 heteroatoms. The zero-order valence-corrected chi connectivity index (χ0v) is 15.4. The van der Waals surface area contributed by atoms with Gasteiger partial charge in [0.1, 0.15) is 31.1 Å². The van der Waals surface area contributed by atoms with Gasteiger partial charge in [0.2, 0.25) is 5.88 Å². The highest BCUT2D eigenvalue weighted by Gasteiger charge is 2.13. The van der Waals surface area contributed by atoms with Gasteiger partial charge in [-0.1, -0.05) is 45.8 Å². The lowest BCUT2D eigenvalue weighted by Crippen LogP contribution is -2.11. The van der Waals surface area contributed by atoms with Crippen molar-refractivity contribution in [2.24, 2.45) is 0 Å². The van der Waals surface area contributed by atoms with Gasteiger partial charge in [-0.3, -0.25) is 0 Å². The zero-order chi connectivity index (χ0) is 17.6. The molecule has 5 nitrogen and oxygen atoms in total. The average Bonchev–Trinajstić information content (AvgIpc) is 2.61. The third-order valence-corrected chi connectivity index (χ3v) is 4.12. The predicted octanol–water partition coefficient (Wildman–Crippen LogP) is 4.25. The van der Waals surface area contributed by atoms with Crippen LogP contribution in [-0.2, 0) is 0 Å². The van der Waals surface area contributed by atoms with E-state index >= 15 is 0 Å². The molecule has 0 spiro atoms. The summed E-state index contributed by atoms with van der Waals surface area (Å²) in [6.07, 6.45) is 1.40. The van der Waals surface area contributed by atoms with E-state index in [9.17, 15) is 0 Å². The minimum absolute atomic E-state index is 0.353. The molecule has 128 valence electrons. The maximum Gasteiger partial charge on any atom is 0.226 e. The number of nitrogens with zero attached hydrogens (tertiary/aromatic N) is 2. The number of aryl methyl sites for hydroxylation is 1. The van der Waals surface area contributed by atoms with Crippen molar-refractivity contribution < 1.29 is 9.47 Å². The molecular formula is C19H18BrN3O2. The van der Waals surface area contributed by atoms with Crippen LogP contribution in [0.4, 0.5) is 5.82 Å². The summed E-state index contributed by atoms with van der Waals surface area (Å²) in [5, 5.41) is 0. The van der Waals surface area contributed by atoms with Crippen molar-refractivity contribution in [1.82, 2.24) is 9.97 Å². The van der Waals surface area contributed by atoms with Gasteiger partial charge in [-0.05, 0) is 36.8 Å². The summed E-state index contributed by atoms with van der Waals surface area (Å²) in [5.74, 6) is 1.63. The Balaban J connectivity index is 1.67. The highest BCUT2D eigenvalue weighted by molar-refractivity contribution is 9.10. The first-order chi connectivity index (χ1) is 12.1. The summed E-state index contributed by atoms with van der Waals surface area (Å²) in [7, 11) is 0. The van der Waals surface area contributed by atoms with Crippen LogP contribution in [0.1, 0.15) is 5.56 Å². The van der Waals surface area contributed by atoms with Gasteiger partial charge in [-0.2, -0.15) is 0 Å². The smallest absolute Gasteiger partial charge is 0.226 e. The van der Waals surface area contributed by atoms with Crippen molar-refractivity contribution in [1.29, 1.82) is 0 Å². The van der Waals surface area contributed by atoms with E-state index in [1.807, 2.05) is 55.5 Å². The fourth-order valence-corrected chi connectivity index (χ4v) is 2.58. The van der Waals surface area contributed by atoms with Crippen LogP contribution in [0.25, 0.3) is 11.1 Å². The molecule has 0 bridgehead atoms. The van der Waals surface area contributed by atoms with Crippen LogP contribution in [0.2, 0.25) is 0 Å². The molecule has 0 unspecified atom stereocenters. The number of aromatic nitrogens is 2. The van der Waals surface area contributed by atoms with Gasteiger partial charge < -0.3 is 15.2 Å². The van der Waals surface area contributed by atoms with Crippen LogP contribution >= 0.6 is 15.9 Å². The van der Waals surface area contributed by atoms with Crippen molar-refractivity contribution in [3.63, 3.8) is 0 Å². The van der Waals surface area contributed by atoms with Gasteiger partial charge in [0.15, 0.2) is 0 Å². The molecule has 0 radical (unpaired) electrons. The first kappa shape index (κ1) is 17.2. The van der Waals surface area contributed by atoms with Crippen LogP contribution in [0.5, 0.6) is 11.6 Å². The molecule has 0 saturated heterocycles. The Morgan fingerprint density at radius 3 is 2.32 bits per heavy atom. The lowest BCUT2D eigenvalue weighted by Gasteiger charge is -2.12. The fourth-order valence-electron chi connectivity index (χ4n) is 2.31. The van der Waals surface area contributed by atoms with E-state index in [4.69, 9.17) is 15.2 Å². The minimum atomic E-state index is 0.353. The van der Waals surface area contributed by atoms with Crippen molar-refractivity contribution in [2.75, 3.05) is 18.9 Å². The van der Waals surface area contributed by atoms with Crippen LogP contribution in [0.3, 0.4) is 0 Å². The van der Waals surface area contributed by atoms with Crippen molar-refractivity contribution >= 4 is 21.7 Å². The Morgan fingerprint density at radius 1 is 0.920 bits per heavy atom. The van der Waals surface area contributed by atoms with Gasteiger partial charge >= 0.3 is 0 Å². The molecule has 2 aromatic carbocycles. The second-order valence-electron chi connectivity index (χ2n) is 5.46. The zero-order valence-electron chi connectivity index (χ0n) is 13.8. The van der Waals surface area contributed by atoms with E-state index in [1.165, 1.54) is 11.9 Å². The Labute approximate surface area is 155 Å². The van der Waals surface area contributed by atoms with Gasteiger partial charge in [-0.25, -0.2) is 9.97 Å². The van der Waals surface area contributed by atoms with Crippen molar-refractivity contribution in [2.45, 2.75) is 6.92 Å². The molecule has 1 heterocycles. The summed E-state index contributed by atoms with van der Waals surface area (Å²) in [6.45, 7) is 2.79. The monoisotopic (exact) mass is 399 g/mol. The maximum atomic E-state index is 6.03. The highest BCUT2D eigenvalue weighted by atomic mass is 79.9. The number of nitrogens with two attached hydrogens (primary N) is 1. The fraction of sp³-hybridized carbons (Fsp3) is 0.158. The molecule has 0 aliphatic carbocycles. The summed E-state index contributed by atoms with van der Waals surface area (Å²) in [6, 6.07) is 15.6. The van der Waals surface area contributed by atoms with E-state index in [0.29, 0.717) is 30.5 Å². The summed E-state index contributed by atoms with van der Waals surface area (Å²) < 4.78 is 12.4. The summed E-state index contributed by atoms with van der Waals surface area (Å²) >= 11 is 3.39. The SMILES string of the molecule is Cc1ccc(-c2c(N)ncnc2OCCOc2ccc(Br)cc2)cc1. The van der Waals surface area contributed by atoms with Crippen LogP contribution < -0.4 is 15.2 Å². The van der Waals surface area contributed by atoms with Crippen molar-refractivity contribution in [3.05, 3.63) is 64.9 Å². The molecule has 3 aromatic rings. The quantitative estimate of drug-likeness (QED) is 0.627. The summed E-state index contributed by atoms with van der Waals surface area (Å²) in [5.41, 5.74) is 8.83. The van der Waals surface area contributed by atoms with E-state index in [1.54, 1.807) is 0 Å². The Kier molecular flexibility index (Phi) is 5.50. The van der Waals surface area contributed by atoms with Gasteiger partial charge in [0, 0.05) is 4.47 Å². The number of nitrogen functional groups attached to an aromatic ring is 1. The van der Waals surface area contributed by atoms with E-state index in [2.05, 4.69) is 25.9 Å². The Morgan fingerprint density at radius 2 is 1.60 bits per heavy atom. The molecular weight excluding hydrogens is 382 g/mol. The van der Waals surface area contributed by atoms with Crippen LogP contribution in [0.15, 0.2) is 59.3 Å². The second kappa shape index (κ2) is 7.98. The number of hydrogen-bond acceptors (Lipinski definition) is 5. The molecule has 0 amide bonds. The molecule has 3 rings (SSSR count).